The first-order chi connectivity index (χ1) is 8.95. The van der Waals surface area contributed by atoms with Gasteiger partial charge in [0.15, 0.2) is 5.16 Å². The predicted octanol–water partition coefficient (Wildman–Crippen LogP) is 2.21. The molecule has 1 aromatic carbocycles. The molecule has 0 saturated carbocycles. The first-order valence-corrected chi connectivity index (χ1v) is 6.67. The van der Waals surface area contributed by atoms with Crippen molar-refractivity contribution in [1.82, 2.24) is 9.97 Å². The van der Waals surface area contributed by atoms with Gasteiger partial charge in [-0.3, -0.25) is 4.79 Å². The van der Waals surface area contributed by atoms with Crippen LogP contribution in [0.5, 0.6) is 0 Å². The van der Waals surface area contributed by atoms with Gasteiger partial charge in [-0.15, -0.1) is 0 Å². The van der Waals surface area contributed by atoms with Crippen LogP contribution in [0.4, 0.5) is 5.82 Å². The van der Waals surface area contributed by atoms with Gasteiger partial charge in [0.2, 0.25) is 0 Å². The number of nitrogens with two attached hydrogens (primary N) is 1. The topological polar surface area (TPSA) is 92.0 Å². The number of nitrogens with one attached hydrogen (secondary N) is 1. The number of hydrogen-bond acceptors (Lipinski definition) is 5. The van der Waals surface area contributed by atoms with E-state index in [2.05, 4.69) is 9.97 Å². The van der Waals surface area contributed by atoms with Gasteiger partial charge in [0, 0.05) is 11.0 Å². The highest BCUT2D eigenvalue weighted by molar-refractivity contribution is 7.99. The largest absolute Gasteiger partial charge is 0.389 e. The summed E-state index contributed by atoms with van der Waals surface area (Å²) in [6.45, 7) is 1.66. The van der Waals surface area contributed by atoms with Crippen LogP contribution in [-0.4, -0.2) is 15.1 Å². The molecule has 0 unspecified atom stereocenters. The Morgan fingerprint density at radius 1 is 1.47 bits per heavy atom. The number of aromatic nitrogens is 2. The van der Waals surface area contributed by atoms with Gasteiger partial charge in [-0.2, -0.15) is 0 Å². The van der Waals surface area contributed by atoms with Crippen molar-refractivity contribution in [3.05, 3.63) is 45.2 Å². The normalized spacial score (nSPS) is 12.4. The van der Waals surface area contributed by atoms with E-state index >= 15 is 0 Å². The molecule has 0 spiro atoms. The number of H-pyrrole nitrogens is 1. The quantitative estimate of drug-likeness (QED) is 0.755. The van der Waals surface area contributed by atoms with Crippen molar-refractivity contribution in [1.29, 1.82) is 0 Å². The summed E-state index contributed by atoms with van der Waals surface area (Å²) in [5.41, 5.74) is 5.92. The molecular formula is C12H12ClN3O2S. The zero-order chi connectivity index (χ0) is 14.0. The number of aromatic amines is 1. The molecular weight excluding hydrogens is 286 g/mol. The molecule has 0 aliphatic heterocycles. The standard InChI is InChI=1S/C12H12ClN3O2S/c1-6(17)7-2-3-9(8(13)4-7)19-12-15-10(14)5-11(18)16-12/h2-6,17H,1H3,(H3,14,15,16,18)/t6-/m0/s1. The molecule has 0 aliphatic carbocycles. The number of benzene rings is 1. The minimum atomic E-state index is -0.582. The summed E-state index contributed by atoms with van der Waals surface area (Å²) >= 11 is 7.32. The van der Waals surface area contributed by atoms with Gasteiger partial charge in [-0.1, -0.05) is 29.4 Å². The maximum absolute atomic E-state index is 11.3. The molecule has 2 aromatic rings. The van der Waals surface area contributed by atoms with E-state index in [1.165, 1.54) is 17.8 Å². The van der Waals surface area contributed by atoms with E-state index in [0.29, 0.717) is 10.2 Å². The fourth-order valence-corrected chi connectivity index (χ4v) is 2.57. The lowest BCUT2D eigenvalue weighted by atomic mass is 10.1. The number of halogens is 1. The molecule has 0 bridgehead atoms. The Balaban J connectivity index is 2.30. The third-order valence-electron chi connectivity index (χ3n) is 2.38. The summed E-state index contributed by atoms with van der Waals surface area (Å²) in [7, 11) is 0. The monoisotopic (exact) mass is 297 g/mol. The van der Waals surface area contributed by atoms with Crippen LogP contribution < -0.4 is 11.3 Å². The number of rotatable bonds is 3. The van der Waals surface area contributed by atoms with Crippen LogP contribution in [0.3, 0.4) is 0 Å². The minimum absolute atomic E-state index is 0.156. The van der Waals surface area contributed by atoms with Gasteiger partial charge in [0.05, 0.1) is 11.1 Å². The molecule has 0 aliphatic rings. The summed E-state index contributed by atoms with van der Waals surface area (Å²) < 4.78 is 0. The molecule has 4 N–H and O–H groups in total. The van der Waals surface area contributed by atoms with Crippen LogP contribution in [0.1, 0.15) is 18.6 Å². The van der Waals surface area contributed by atoms with Crippen LogP contribution in [-0.2, 0) is 0 Å². The van der Waals surface area contributed by atoms with Crippen molar-refractivity contribution >= 4 is 29.2 Å². The molecule has 0 amide bonds. The molecule has 5 nitrogen and oxygen atoms in total. The maximum atomic E-state index is 11.3. The second kappa shape index (κ2) is 5.64. The highest BCUT2D eigenvalue weighted by atomic mass is 35.5. The molecule has 1 atom stereocenters. The van der Waals surface area contributed by atoms with Gasteiger partial charge < -0.3 is 15.8 Å². The van der Waals surface area contributed by atoms with E-state index in [0.717, 1.165) is 10.5 Å². The van der Waals surface area contributed by atoms with E-state index in [1.54, 1.807) is 25.1 Å². The van der Waals surface area contributed by atoms with E-state index in [-0.39, 0.29) is 11.4 Å². The fourth-order valence-electron chi connectivity index (χ4n) is 1.47. The molecule has 100 valence electrons. The number of aliphatic hydroxyl groups is 1. The summed E-state index contributed by atoms with van der Waals surface area (Å²) in [5.74, 6) is 0.156. The number of nitrogens with zero attached hydrogens (tertiary/aromatic N) is 1. The lowest BCUT2D eigenvalue weighted by molar-refractivity contribution is 0.199. The Kier molecular flexibility index (Phi) is 4.14. The van der Waals surface area contributed by atoms with E-state index in [4.69, 9.17) is 17.3 Å². The summed E-state index contributed by atoms with van der Waals surface area (Å²) in [6, 6.07) is 6.42. The summed E-state index contributed by atoms with van der Waals surface area (Å²) in [5, 5.41) is 10.3. The van der Waals surface area contributed by atoms with Gasteiger partial charge in [0.25, 0.3) is 5.56 Å². The van der Waals surface area contributed by atoms with Crippen molar-refractivity contribution in [3.8, 4) is 0 Å². The Labute approximate surface area is 118 Å². The van der Waals surface area contributed by atoms with Crippen molar-refractivity contribution in [2.24, 2.45) is 0 Å². The molecule has 0 saturated heterocycles. The fraction of sp³-hybridized carbons (Fsp3) is 0.167. The molecule has 2 rings (SSSR count). The lowest BCUT2D eigenvalue weighted by Crippen LogP contribution is -2.09. The van der Waals surface area contributed by atoms with Crippen molar-refractivity contribution < 1.29 is 5.11 Å². The smallest absolute Gasteiger partial charge is 0.253 e. The molecule has 1 heterocycles. The van der Waals surface area contributed by atoms with Crippen LogP contribution in [0.2, 0.25) is 5.02 Å². The van der Waals surface area contributed by atoms with E-state index in [1.807, 2.05) is 0 Å². The van der Waals surface area contributed by atoms with Crippen LogP contribution in [0, 0.1) is 0 Å². The first-order valence-electron chi connectivity index (χ1n) is 5.48. The molecule has 19 heavy (non-hydrogen) atoms. The average molecular weight is 298 g/mol. The maximum Gasteiger partial charge on any atom is 0.253 e. The molecule has 0 radical (unpaired) electrons. The molecule has 7 heteroatoms. The first kappa shape index (κ1) is 13.9. The highest BCUT2D eigenvalue weighted by Crippen LogP contribution is 2.32. The third kappa shape index (κ3) is 3.50. The Morgan fingerprint density at radius 3 is 2.79 bits per heavy atom. The van der Waals surface area contributed by atoms with Crippen molar-refractivity contribution in [2.75, 3.05) is 5.73 Å². The van der Waals surface area contributed by atoms with Crippen LogP contribution >= 0.6 is 23.4 Å². The summed E-state index contributed by atoms with van der Waals surface area (Å²) in [4.78, 5) is 18.6. The molecule has 0 fully saturated rings. The lowest BCUT2D eigenvalue weighted by Gasteiger charge is -2.08. The second-order valence-corrected chi connectivity index (χ2v) is 5.38. The number of aliphatic hydroxyl groups excluding tert-OH is 1. The predicted molar refractivity (Wildman–Crippen MR) is 75.5 cm³/mol. The van der Waals surface area contributed by atoms with Crippen molar-refractivity contribution in [2.45, 2.75) is 23.1 Å². The van der Waals surface area contributed by atoms with Crippen LogP contribution in [0.15, 0.2) is 39.1 Å². The van der Waals surface area contributed by atoms with E-state index < -0.39 is 6.10 Å². The Bertz CT molecular complexity index is 658. The van der Waals surface area contributed by atoms with Crippen molar-refractivity contribution in [3.63, 3.8) is 0 Å². The van der Waals surface area contributed by atoms with Gasteiger partial charge >= 0.3 is 0 Å². The van der Waals surface area contributed by atoms with Crippen LogP contribution in [0.25, 0.3) is 0 Å². The minimum Gasteiger partial charge on any atom is -0.389 e. The third-order valence-corrected chi connectivity index (χ3v) is 3.77. The SMILES string of the molecule is C[C@H](O)c1ccc(Sc2nc(N)cc(=O)[nH]2)c(Cl)c1. The summed E-state index contributed by atoms with van der Waals surface area (Å²) in [6.07, 6.45) is -0.582. The highest BCUT2D eigenvalue weighted by Gasteiger charge is 2.09. The Hall–Kier alpha value is -1.50. The zero-order valence-corrected chi connectivity index (χ0v) is 11.6. The van der Waals surface area contributed by atoms with Gasteiger partial charge in [-0.05, 0) is 24.6 Å². The Morgan fingerprint density at radius 2 is 2.21 bits per heavy atom. The number of hydrogen-bond donors (Lipinski definition) is 3. The van der Waals surface area contributed by atoms with Gasteiger partial charge in [0.1, 0.15) is 5.82 Å². The van der Waals surface area contributed by atoms with E-state index in [9.17, 15) is 9.90 Å². The number of nitrogen functional groups attached to an aromatic ring is 1. The average Bonchev–Trinajstić information content (AvgIpc) is 2.30. The molecule has 1 aromatic heterocycles. The zero-order valence-electron chi connectivity index (χ0n) is 10.1. The second-order valence-electron chi connectivity index (χ2n) is 3.94. The number of anilines is 1. The van der Waals surface area contributed by atoms with Gasteiger partial charge in [-0.25, -0.2) is 4.98 Å².